The summed E-state index contributed by atoms with van der Waals surface area (Å²) in [6, 6.07) is 0. The van der Waals surface area contributed by atoms with E-state index in [1.165, 1.54) is 25.8 Å². The molecule has 3 N–H and O–H groups in total. The molecule has 20 heavy (non-hydrogen) atoms. The standard InChI is InChI=1S/C11H14N2O6S/c1-5(14)19-3-6-4-20-10-11(12,18-2)9(17)13(10)7(6)8(15)16/h10H,3-4,12H2,1-2H3,(H,15,16). The number of methoxy groups -OCH3 is 1. The van der Waals surface area contributed by atoms with Gasteiger partial charge in [0.05, 0.1) is 0 Å². The van der Waals surface area contributed by atoms with Crippen molar-refractivity contribution >= 4 is 29.6 Å². The molecule has 0 aromatic heterocycles. The van der Waals surface area contributed by atoms with E-state index in [-0.39, 0.29) is 12.3 Å². The highest BCUT2D eigenvalue weighted by Crippen LogP contribution is 2.45. The van der Waals surface area contributed by atoms with Crippen molar-refractivity contribution in [2.75, 3.05) is 19.5 Å². The van der Waals surface area contributed by atoms with Crippen LogP contribution in [0.4, 0.5) is 0 Å². The van der Waals surface area contributed by atoms with Crippen LogP contribution in [0, 0.1) is 0 Å². The van der Waals surface area contributed by atoms with Crippen LogP contribution in [0.25, 0.3) is 0 Å². The Hall–Kier alpha value is -1.58. The van der Waals surface area contributed by atoms with Gasteiger partial charge < -0.3 is 14.6 Å². The first-order valence-electron chi connectivity index (χ1n) is 5.71. The average Bonchev–Trinajstić information content (AvgIpc) is 2.42. The molecule has 2 unspecified atom stereocenters. The molecule has 0 aromatic rings. The molecule has 8 nitrogen and oxygen atoms in total. The summed E-state index contributed by atoms with van der Waals surface area (Å²) in [5, 5.41) is 8.68. The number of aliphatic carboxylic acids is 1. The van der Waals surface area contributed by atoms with Crippen LogP contribution in [-0.2, 0) is 23.9 Å². The molecule has 2 atom stereocenters. The lowest BCUT2D eigenvalue weighted by Crippen LogP contribution is -2.78. The molecule has 0 aliphatic carbocycles. The van der Waals surface area contributed by atoms with Crippen molar-refractivity contribution in [2.45, 2.75) is 18.0 Å². The monoisotopic (exact) mass is 302 g/mol. The van der Waals surface area contributed by atoms with Crippen LogP contribution in [-0.4, -0.2) is 58.4 Å². The third-order valence-corrected chi connectivity index (χ3v) is 4.53. The Balaban J connectivity index is 2.31. The Labute approximate surface area is 118 Å². The van der Waals surface area contributed by atoms with Crippen molar-refractivity contribution in [2.24, 2.45) is 5.73 Å². The van der Waals surface area contributed by atoms with Gasteiger partial charge in [-0.05, 0) is 0 Å². The molecule has 1 amide bonds. The maximum Gasteiger partial charge on any atom is 0.352 e. The molecular weight excluding hydrogens is 288 g/mol. The maximum absolute atomic E-state index is 12.0. The SMILES string of the molecule is COC1(N)C(=O)N2C(C(=O)O)=C(COC(C)=O)CSC21. The van der Waals surface area contributed by atoms with Crippen LogP contribution in [0.1, 0.15) is 6.92 Å². The zero-order valence-electron chi connectivity index (χ0n) is 10.9. The van der Waals surface area contributed by atoms with Crippen molar-refractivity contribution in [3.8, 4) is 0 Å². The second-order valence-corrected chi connectivity index (χ2v) is 5.44. The van der Waals surface area contributed by atoms with Crippen molar-refractivity contribution < 1.29 is 29.0 Å². The fourth-order valence-electron chi connectivity index (χ4n) is 2.10. The van der Waals surface area contributed by atoms with Crippen LogP contribution < -0.4 is 5.73 Å². The van der Waals surface area contributed by atoms with E-state index >= 15 is 0 Å². The summed E-state index contributed by atoms with van der Waals surface area (Å²) in [5.41, 5.74) is 4.47. The number of nitrogens with zero attached hydrogens (tertiary/aromatic N) is 1. The first-order chi connectivity index (χ1) is 9.32. The van der Waals surface area contributed by atoms with Gasteiger partial charge in [0, 0.05) is 25.4 Å². The number of ether oxygens (including phenoxy) is 2. The number of fused-ring (bicyclic) bond motifs is 1. The molecule has 1 fully saturated rings. The highest BCUT2D eigenvalue weighted by atomic mass is 32.2. The number of carbonyl (C=O) groups is 3. The number of rotatable bonds is 4. The maximum atomic E-state index is 12.0. The number of thioether (sulfide) groups is 1. The third kappa shape index (κ3) is 2.07. The van der Waals surface area contributed by atoms with Gasteiger partial charge in [-0.3, -0.25) is 20.2 Å². The fourth-order valence-corrected chi connectivity index (χ4v) is 3.48. The van der Waals surface area contributed by atoms with Gasteiger partial charge in [-0.2, -0.15) is 0 Å². The van der Waals surface area contributed by atoms with Gasteiger partial charge >= 0.3 is 11.9 Å². The van der Waals surface area contributed by atoms with E-state index in [2.05, 4.69) is 0 Å². The first kappa shape index (κ1) is 14.8. The molecule has 0 spiro atoms. The first-order valence-corrected chi connectivity index (χ1v) is 6.75. The molecule has 0 aromatic carbocycles. The highest BCUT2D eigenvalue weighted by Gasteiger charge is 2.63. The smallest absolute Gasteiger partial charge is 0.352 e. The largest absolute Gasteiger partial charge is 0.477 e. The van der Waals surface area contributed by atoms with Crippen LogP contribution in [0.5, 0.6) is 0 Å². The van der Waals surface area contributed by atoms with Crippen LogP contribution >= 0.6 is 11.8 Å². The van der Waals surface area contributed by atoms with E-state index in [1.807, 2.05) is 0 Å². The van der Waals surface area contributed by atoms with Gasteiger partial charge in [0.2, 0.25) is 5.72 Å². The predicted octanol–water partition coefficient (Wildman–Crippen LogP) is -0.895. The Kier molecular flexibility index (Phi) is 3.76. The molecule has 0 radical (unpaired) electrons. The van der Waals surface area contributed by atoms with Gasteiger partial charge in [0.15, 0.2) is 0 Å². The van der Waals surface area contributed by atoms with E-state index < -0.39 is 28.9 Å². The molecule has 2 aliphatic rings. The molecule has 1 saturated heterocycles. The Morgan fingerprint density at radius 1 is 1.60 bits per heavy atom. The van der Waals surface area contributed by atoms with E-state index in [9.17, 15) is 19.5 Å². The molecule has 0 bridgehead atoms. The fraction of sp³-hybridized carbons (Fsp3) is 0.545. The molecular formula is C11H14N2O6S. The van der Waals surface area contributed by atoms with Gasteiger partial charge in [0.1, 0.15) is 17.7 Å². The predicted molar refractivity (Wildman–Crippen MR) is 68.3 cm³/mol. The summed E-state index contributed by atoms with van der Waals surface area (Å²) >= 11 is 1.27. The number of hydrogen-bond acceptors (Lipinski definition) is 7. The number of nitrogens with two attached hydrogens (primary N) is 1. The number of carboxylic acid groups (broad SMARTS) is 1. The summed E-state index contributed by atoms with van der Waals surface area (Å²) < 4.78 is 9.79. The van der Waals surface area contributed by atoms with Crippen molar-refractivity contribution in [3.05, 3.63) is 11.3 Å². The quantitative estimate of drug-likeness (QED) is 0.390. The minimum atomic E-state index is -1.50. The lowest BCUT2D eigenvalue weighted by Gasteiger charge is -2.54. The summed E-state index contributed by atoms with van der Waals surface area (Å²) in [6.07, 6.45) is 0. The molecule has 0 saturated carbocycles. The normalized spacial score (nSPS) is 28.9. The second-order valence-electron chi connectivity index (χ2n) is 4.37. The summed E-state index contributed by atoms with van der Waals surface area (Å²) in [7, 11) is 1.30. The van der Waals surface area contributed by atoms with E-state index in [0.29, 0.717) is 11.3 Å². The summed E-state index contributed by atoms with van der Waals surface area (Å²) in [5.74, 6) is -2.10. The van der Waals surface area contributed by atoms with Crippen molar-refractivity contribution in [1.82, 2.24) is 4.90 Å². The third-order valence-electron chi connectivity index (χ3n) is 3.14. The Morgan fingerprint density at radius 3 is 2.75 bits per heavy atom. The van der Waals surface area contributed by atoms with Gasteiger partial charge in [-0.25, -0.2) is 4.79 Å². The van der Waals surface area contributed by atoms with E-state index in [0.717, 1.165) is 4.90 Å². The van der Waals surface area contributed by atoms with Crippen LogP contribution in [0.3, 0.4) is 0 Å². The highest BCUT2D eigenvalue weighted by molar-refractivity contribution is 8.00. The van der Waals surface area contributed by atoms with Crippen LogP contribution in [0.15, 0.2) is 11.3 Å². The van der Waals surface area contributed by atoms with Gasteiger partial charge in [-0.1, -0.05) is 0 Å². The molecule has 2 rings (SSSR count). The Bertz CT molecular complexity index is 519. The zero-order chi connectivity index (χ0) is 15.1. The van der Waals surface area contributed by atoms with E-state index in [1.54, 1.807) is 0 Å². The van der Waals surface area contributed by atoms with E-state index in [4.69, 9.17) is 15.2 Å². The summed E-state index contributed by atoms with van der Waals surface area (Å²) in [4.78, 5) is 35.3. The molecule has 2 aliphatic heterocycles. The Morgan fingerprint density at radius 2 is 2.25 bits per heavy atom. The number of esters is 1. The van der Waals surface area contributed by atoms with Crippen LogP contribution in [0.2, 0.25) is 0 Å². The lowest BCUT2D eigenvalue weighted by molar-refractivity contribution is -0.183. The number of amides is 1. The minimum absolute atomic E-state index is 0.162. The molecule has 110 valence electrons. The zero-order valence-corrected chi connectivity index (χ0v) is 11.7. The summed E-state index contributed by atoms with van der Waals surface area (Å²) in [6.45, 7) is 1.06. The number of hydrogen-bond donors (Lipinski definition) is 2. The number of β-lactam (4-membered cyclic amide) rings is 1. The minimum Gasteiger partial charge on any atom is -0.477 e. The van der Waals surface area contributed by atoms with Gasteiger partial charge in [-0.15, -0.1) is 11.8 Å². The molecule has 9 heteroatoms. The second kappa shape index (κ2) is 5.08. The molecule has 2 heterocycles. The van der Waals surface area contributed by atoms with Crippen molar-refractivity contribution in [3.63, 3.8) is 0 Å². The van der Waals surface area contributed by atoms with Crippen molar-refractivity contribution in [1.29, 1.82) is 0 Å². The average molecular weight is 302 g/mol. The lowest BCUT2D eigenvalue weighted by atomic mass is 9.99. The topological polar surface area (TPSA) is 119 Å². The van der Waals surface area contributed by atoms with Gasteiger partial charge in [0.25, 0.3) is 5.91 Å². The number of carbonyl (C=O) groups excluding carboxylic acids is 2. The number of carboxylic acids is 1.